The predicted octanol–water partition coefficient (Wildman–Crippen LogP) is 4.34. The van der Waals surface area contributed by atoms with Gasteiger partial charge in [-0.15, -0.1) is 0 Å². The minimum atomic E-state index is 0.594. The number of hydrogen-bond donors (Lipinski definition) is 0. The number of rotatable bonds is 0. The van der Waals surface area contributed by atoms with Crippen LogP contribution in [0.15, 0.2) is 22.8 Å². The van der Waals surface area contributed by atoms with Crippen LogP contribution in [0.3, 0.4) is 0 Å². The molecule has 0 aromatic rings. The third-order valence-electron chi connectivity index (χ3n) is 5.31. The van der Waals surface area contributed by atoms with E-state index in [4.69, 9.17) is 0 Å². The zero-order chi connectivity index (χ0) is 10.8. The molecule has 3 aliphatic rings. The van der Waals surface area contributed by atoms with Crippen molar-refractivity contribution in [2.75, 3.05) is 0 Å². The average Bonchev–Trinajstić information content (AvgIpc) is 2.55. The van der Waals surface area contributed by atoms with E-state index >= 15 is 0 Å². The van der Waals surface area contributed by atoms with E-state index in [-0.39, 0.29) is 0 Å². The summed E-state index contributed by atoms with van der Waals surface area (Å²) < 4.78 is 0. The molecule has 0 aromatic carbocycles. The van der Waals surface area contributed by atoms with Gasteiger partial charge in [-0.2, -0.15) is 0 Å². The van der Waals surface area contributed by atoms with Crippen LogP contribution in [0.4, 0.5) is 0 Å². The number of fused-ring (bicyclic) bond motifs is 3. The van der Waals surface area contributed by atoms with E-state index in [0.717, 1.165) is 17.8 Å². The molecule has 3 aliphatic carbocycles. The van der Waals surface area contributed by atoms with Crippen LogP contribution in [0.5, 0.6) is 0 Å². The molecule has 0 saturated heterocycles. The third kappa shape index (κ3) is 1.14. The first kappa shape index (κ1) is 9.69. The first-order valence-electron chi connectivity index (χ1n) is 6.39. The maximum Gasteiger partial charge on any atom is 0.00129 e. The zero-order valence-corrected chi connectivity index (χ0v) is 10.4. The Bertz CT molecular complexity index is 367. The van der Waals surface area contributed by atoms with Gasteiger partial charge in [0.2, 0.25) is 0 Å². The van der Waals surface area contributed by atoms with Gasteiger partial charge in [-0.25, -0.2) is 0 Å². The van der Waals surface area contributed by atoms with Crippen molar-refractivity contribution in [2.45, 2.75) is 47.0 Å². The van der Waals surface area contributed by atoms with Crippen LogP contribution in [-0.2, 0) is 0 Å². The smallest absolute Gasteiger partial charge is 0.00129 e. The van der Waals surface area contributed by atoms with Gasteiger partial charge >= 0.3 is 0 Å². The molecular weight excluding hydrogens is 180 g/mol. The molecule has 82 valence electrons. The number of allylic oxidation sites excluding steroid dienone is 4. The van der Waals surface area contributed by atoms with Gasteiger partial charge in [0.1, 0.15) is 0 Å². The quantitative estimate of drug-likeness (QED) is 0.513. The molecule has 3 rings (SSSR count). The summed E-state index contributed by atoms with van der Waals surface area (Å²) in [7, 11) is 0. The summed E-state index contributed by atoms with van der Waals surface area (Å²) in [6.45, 7) is 9.65. The highest BCUT2D eigenvalue weighted by Crippen LogP contribution is 2.68. The first-order valence-corrected chi connectivity index (χ1v) is 6.39. The summed E-state index contributed by atoms with van der Waals surface area (Å²) in [5.41, 5.74) is 5.81. The van der Waals surface area contributed by atoms with Gasteiger partial charge in [0.15, 0.2) is 0 Å². The second kappa shape index (κ2) is 2.78. The van der Waals surface area contributed by atoms with Gasteiger partial charge in [-0.05, 0) is 50.4 Å². The molecule has 0 heteroatoms. The lowest BCUT2D eigenvalue weighted by Gasteiger charge is -2.17. The summed E-state index contributed by atoms with van der Waals surface area (Å²) in [6.07, 6.45) is 6.60. The van der Waals surface area contributed by atoms with Crippen LogP contribution < -0.4 is 0 Å². The summed E-state index contributed by atoms with van der Waals surface area (Å²) in [5.74, 6) is 2.68. The highest BCUT2D eigenvalue weighted by atomic mass is 14.6. The summed E-state index contributed by atoms with van der Waals surface area (Å²) in [6, 6.07) is 0. The Balaban J connectivity index is 2.06. The van der Waals surface area contributed by atoms with Crippen LogP contribution >= 0.6 is 0 Å². The van der Waals surface area contributed by atoms with Crippen molar-refractivity contribution in [1.29, 1.82) is 0 Å². The van der Waals surface area contributed by atoms with Crippen LogP contribution in [0, 0.1) is 23.2 Å². The Labute approximate surface area is 93.5 Å². The van der Waals surface area contributed by atoms with E-state index in [0.29, 0.717) is 5.41 Å². The monoisotopic (exact) mass is 202 g/mol. The molecule has 1 saturated carbocycles. The van der Waals surface area contributed by atoms with Crippen LogP contribution in [-0.4, -0.2) is 0 Å². The van der Waals surface area contributed by atoms with E-state index in [1.807, 2.05) is 5.57 Å². The van der Waals surface area contributed by atoms with E-state index < -0.39 is 0 Å². The van der Waals surface area contributed by atoms with Gasteiger partial charge in [0.05, 0.1) is 0 Å². The molecule has 1 fully saturated rings. The van der Waals surface area contributed by atoms with Gasteiger partial charge in [-0.3, -0.25) is 0 Å². The fourth-order valence-electron chi connectivity index (χ4n) is 4.17. The molecule has 0 spiro atoms. The lowest BCUT2D eigenvalue weighted by atomic mass is 9.87. The Morgan fingerprint density at radius 2 is 2.00 bits per heavy atom. The molecule has 1 unspecified atom stereocenters. The molecular formula is C15H22. The standard InChI is InChI=1S/C15H22/c1-9-6-8-12-14(15(12,3)4)13-10(2)5-7-11(9)13/h6,11-12,14H,5,7-8H2,1-4H3/t11?,12-,14-/m0/s1. The molecule has 0 aromatic heterocycles. The lowest BCUT2D eigenvalue weighted by Crippen LogP contribution is -2.06. The van der Waals surface area contributed by atoms with Gasteiger partial charge < -0.3 is 0 Å². The van der Waals surface area contributed by atoms with E-state index in [9.17, 15) is 0 Å². The second-order valence-electron chi connectivity index (χ2n) is 6.42. The van der Waals surface area contributed by atoms with Crippen molar-refractivity contribution < 1.29 is 0 Å². The van der Waals surface area contributed by atoms with E-state index in [1.165, 1.54) is 19.3 Å². The van der Waals surface area contributed by atoms with Crippen molar-refractivity contribution in [3.05, 3.63) is 22.8 Å². The topological polar surface area (TPSA) is 0 Å². The minimum Gasteiger partial charge on any atom is -0.0847 e. The van der Waals surface area contributed by atoms with E-state index in [2.05, 4.69) is 33.8 Å². The Hall–Kier alpha value is -0.520. The molecule has 0 N–H and O–H groups in total. The highest BCUT2D eigenvalue weighted by Gasteiger charge is 2.60. The fraction of sp³-hybridized carbons (Fsp3) is 0.733. The van der Waals surface area contributed by atoms with Gasteiger partial charge in [0, 0.05) is 5.92 Å². The maximum absolute atomic E-state index is 2.53. The zero-order valence-electron chi connectivity index (χ0n) is 10.4. The first-order chi connectivity index (χ1) is 7.03. The van der Waals surface area contributed by atoms with Gasteiger partial charge in [0.25, 0.3) is 0 Å². The Kier molecular flexibility index (Phi) is 1.80. The fourth-order valence-corrected chi connectivity index (χ4v) is 4.17. The third-order valence-corrected chi connectivity index (χ3v) is 5.31. The molecule has 15 heavy (non-hydrogen) atoms. The van der Waals surface area contributed by atoms with Crippen molar-refractivity contribution >= 4 is 0 Å². The molecule has 0 radical (unpaired) electrons. The summed E-state index contributed by atoms with van der Waals surface area (Å²) in [4.78, 5) is 0. The molecule has 0 nitrogen and oxygen atoms in total. The highest BCUT2D eigenvalue weighted by molar-refractivity contribution is 5.40. The summed E-state index contributed by atoms with van der Waals surface area (Å²) >= 11 is 0. The second-order valence-corrected chi connectivity index (χ2v) is 6.42. The van der Waals surface area contributed by atoms with Crippen molar-refractivity contribution in [3.8, 4) is 0 Å². The minimum absolute atomic E-state index is 0.594. The molecule has 0 aliphatic heterocycles. The van der Waals surface area contributed by atoms with Crippen molar-refractivity contribution in [3.63, 3.8) is 0 Å². The summed E-state index contributed by atoms with van der Waals surface area (Å²) in [5, 5.41) is 0. The van der Waals surface area contributed by atoms with Crippen molar-refractivity contribution in [2.24, 2.45) is 23.2 Å². The SMILES string of the molecule is CC1=CC[C@H]2[C@@H](C3=C(C)CCC13)C2(C)C. The molecule has 0 heterocycles. The predicted molar refractivity (Wildman–Crippen MR) is 64.6 cm³/mol. The normalized spacial score (nSPS) is 41.9. The van der Waals surface area contributed by atoms with Crippen molar-refractivity contribution in [1.82, 2.24) is 0 Å². The van der Waals surface area contributed by atoms with Crippen LogP contribution in [0.2, 0.25) is 0 Å². The lowest BCUT2D eigenvalue weighted by molar-refractivity contribution is 0.530. The molecule has 0 amide bonds. The van der Waals surface area contributed by atoms with Crippen LogP contribution in [0.1, 0.15) is 47.0 Å². The average molecular weight is 202 g/mol. The van der Waals surface area contributed by atoms with Crippen LogP contribution in [0.25, 0.3) is 0 Å². The number of hydrogen-bond acceptors (Lipinski definition) is 0. The Morgan fingerprint density at radius 1 is 1.27 bits per heavy atom. The van der Waals surface area contributed by atoms with E-state index in [1.54, 1.807) is 11.1 Å². The molecule has 3 atom stereocenters. The largest absolute Gasteiger partial charge is 0.0847 e. The van der Waals surface area contributed by atoms with Gasteiger partial charge in [-0.1, -0.05) is 36.6 Å². The molecule has 0 bridgehead atoms. The maximum atomic E-state index is 2.53. The Morgan fingerprint density at radius 3 is 2.73 bits per heavy atom.